The fraction of sp³-hybridized carbons (Fsp3) is 0.600. The standard InChI is InChI=1S/C10H13Cl/c1-2-3-4-5-6-7-8-9-10-11/h1H,3-4,7-10H2. The molecule has 1 heteroatoms. The number of rotatable bonds is 4. The molecule has 0 aromatic heterocycles. The number of hydrogen-bond donors (Lipinski definition) is 0. The van der Waals surface area contributed by atoms with Crippen LogP contribution in [-0.2, 0) is 0 Å². The number of halogens is 1. The SMILES string of the molecule is C#CCCC#CCCCCCl. The Morgan fingerprint density at radius 1 is 1.00 bits per heavy atom. The highest BCUT2D eigenvalue weighted by molar-refractivity contribution is 6.17. The van der Waals surface area contributed by atoms with Crippen molar-refractivity contribution in [1.82, 2.24) is 0 Å². The Labute approximate surface area is 74.3 Å². The van der Waals surface area contributed by atoms with Crippen LogP contribution in [0.15, 0.2) is 0 Å². The fourth-order valence-corrected chi connectivity index (χ4v) is 0.808. The van der Waals surface area contributed by atoms with E-state index in [1.807, 2.05) is 0 Å². The third-order valence-electron chi connectivity index (χ3n) is 1.20. The quantitative estimate of drug-likeness (QED) is 0.344. The average molecular weight is 169 g/mol. The summed E-state index contributed by atoms with van der Waals surface area (Å²) < 4.78 is 0. The van der Waals surface area contributed by atoms with Crippen LogP contribution in [0.1, 0.15) is 32.1 Å². The van der Waals surface area contributed by atoms with E-state index in [1.165, 1.54) is 0 Å². The second-order valence-corrected chi connectivity index (χ2v) is 2.58. The Kier molecular flexibility index (Phi) is 8.91. The summed E-state index contributed by atoms with van der Waals surface area (Å²) in [4.78, 5) is 0. The smallest absolute Gasteiger partial charge is 0.0223 e. The molecule has 0 saturated heterocycles. The van der Waals surface area contributed by atoms with Gasteiger partial charge < -0.3 is 0 Å². The molecule has 0 aromatic rings. The molecule has 0 N–H and O–H groups in total. The van der Waals surface area contributed by atoms with Crippen molar-refractivity contribution in [3.63, 3.8) is 0 Å². The van der Waals surface area contributed by atoms with Crippen LogP contribution in [0, 0.1) is 24.2 Å². The van der Waals surface area contributed by atoms with Gasteiger partial charge in [-0.2, -0.15) is 0 Å². The normalized spacial score (nSPS) is 8.00. The highest BCUT2D eigenvalue weighted by atomic mass is 35.5. The summed E-state index contributed by atoms with van der Waals surface area (Å²) in [5, 5.41) is 0. The average Bonchev–Trinajstić information content (AvgIpc) is 2.03. The van der Waals surface area contributed by atoms with E-state index in [1.54, 1.807) is 0 Å². The minimum Gasteiger partial charge on any atom is -0.127 e. The molecule has 0 fully saturated rings. The Bertz CT molecular complexity index is 166. The molecule has 0 atom stereocenters. The second kappa shape index (κ2) is 9.41. The molecule has 0 nitrogen and oxygen atoms in total. The van der Waals surface area contributed by atoms with Crippen molar-refractivity contribution >= 4 is 11.6 Å². The predicted octanol–water partition coefficient (Wildman–Crippen LogP) is 2.81. The third-order valence-corrected chi connectivity index (χ3v) is 1.47. The Morgan fingerprint density at radius 2 is 1.73 bits per heavy atom. The van der Waals surface area contributed by atoms with Crippen LogP contribution in [0.3, 0.4) is 0 Å². The zero-order chi connectivity index (χ0) is 8.36. The molecular weight excluding hydrogens is 156 g/mol. The maximum atomic E-state index is 5.49. The molecule has 0 aliphatic carbocycles. The van der Waals surface area contributed by atoms with Gasteiger partial charge in [0.2, 0.25) is 0 Å². The molecule has 0 aliphatic heterocycles. The fourth-order valence-electron chi connectivity index (χ4n) is 0.619. The maximum Gasteiger partial charge on any atom is 0.0223 e. The van der Waals surface area contributed by atoms with Crippen LogP contribution in [0.5, 0.6) is 0 Å². The van der Waals surface area contributed by atoms with Gasteiger partial charge in [0.15, 0.2) is 0 Å². The molecule has 0 amide bonds. The first-order valence-electron chi connectivity index (χ1n) is 3.87. The molecule has 0 bridgehead atoms. The zero-order valence-corrected chi connectivity index (χ0v) is 7.45. The van der Waals surface area contributed by atoms with Crippen LogP contribution < -0.4 is 0 Å². The summed E-state index contributed by atoms with van der Waals surface area (Å²) in [7, 11) is 0. The van der Waals surface area contributed by atoms with Gasteiger partial charge in [-0.15, -0.1) is 35.8 Å². The van der Waals surface area contributed by atoms with Gasteiger partial charge in [0, 0.05) is 25.1 Å². The van der Waals surface area contributed by atoms with E-state index in [0.717, 1.165) is 38.0 Å². The largest absolute Gasteiger partial charge is 0.127 e. The van der Waals surface area contributed by atoms with E-state index in [2.05, 4.69) is 17.8 Å². The molecule has 0 unspecified atom stereocenters. The Balaban J connectivity index is 3.07. The first kappa shape index (κ1) is 10.4. The molecule has 0 aromatic carbocycles. The highest BCUT2D eigenvalue weighted by Gasteiger charge is 1.81. The lowest BCUT2D eigenvalue weighted by Crippen LogP contribution is -1.74. The Hall–Kier alpha value is -0.590. The topological polar surface area (TPSA) is 0 Å². The Morgan fingerprint density at radius 3 is 2.36 bits per heavy atom. The highest BCUT2D eigenvalue weighted by Crippen LogP contribution is 1.95. The van der Waals surface area contributed by atoms with Crippen molar-refractivity contribution in [2.75, 3.05) is 5.88 Å². The lowest BCUT2D eigenvalue weighted by atomic mass is 10.2. The first-order valence-corrected chi connectivity index (χ1v) is 4.40. The van der Waals surface area contributed by atoms with E-state index in [9.17, 15) is 0 Å². The van der Waals surface area contributed by atoms with E-state index in [-0.39, 0.29) is 0 Å². The summed E-state index contributed by atoms with van der Waals surface area (Å²) in [6.07, 6.45) is 9.77. The van der Waals surface area contributed by atoms with Gasteiger partial charge in [0.25, 0.3) is 0 Å². The third kappa shape index (κ3) is 9.41. The minimum atomic E-state index is 0.742. The van der Waals surface area contributed by atoms with Gasteiger partial charge in [-0.05, 0) is 12.8 Å². The van der Waals surface area contributed by atoms with Crippen LogP contribution in [0.2, 0.25) is 0 Å². The van der Waals surface area contributed by atoms with Gasteiger partial charge in [0.05, 0.1) is 0 Å². The van der Waals surface area contributed by atoms with Gasteiger partial charge >= 0.3 is 0 Å². The van der Waals surface area contributed by atoms with Gasteiger partial charge in [-0.25, -0.2) is 0 Å². The molecule has 0 rings (SSSR count). The summed E-state index contributed by atoms with van der Waals surface area (Å²) in [6.45, 7) is 0. The first-order chi connectivity index (χ1) is 5.41. The van der Waals surface area contributed by atoms with Crippen molar-refractivity contribution in [3.8, 4) is 24.2 Å². The van der Waals surface area contributed by atoms with Crippen molar-refractivity contribution in [3.05, 3.63) is 0 Å². The lowest BCUT2D eigenvalue weighted by Gasteiger charge is -1.86. The maximum absolute atomic E-state index is 5.49. The van der Waals surface area contributed by atoms with Crippen LogP contribution >= 0.6 is 11.6 Å². The van der Waals surface area contributed by atoms with Crippen LogP contribution in [-0.4, -0.2) is 5.88 Å². The van der Waals surface area contributed by atoms with E-state index >= 15 is 0 Å². The van der Waals surface area contributed by atoms with Crippen LogP contribution in [0.25, 0.3) is 0 Å². The van der Waals surface area contributed by atoms with Gasteiger partial charge in [0.1, 0.15) is 0 Å². The zero-order valence-electron chi connectivity index (χ0n) is 6.70. The van der Waals surface area contributed by atoms with Crippen LogP contribution in [0.4, 0.5) is 0 Å². The number of unbranched alkanes of at least 4 members (excludes halogenated alkanes) is 3. The predicted molar refractivity (Wildman–Crippen MR) is 50.4 cm³/mol. The summed E-state index contributed by atoms with van der Waals surface area (Å²) in [5.41, 5.74) is 0. The summed E-state index contributed by atoms with van der Waals surface area (Å²) in [5.74, 6) is 9.35. The van der Waals surface area contributed by atoms with Crippen molar-refractivity contribution in [2.24, 2.45) is 0 Å². The molecule has 60 valence electrons. The van der Waals surface area contributed by atoms with Gasteiger partial charge in [-0.1, -0.05) is 0 Å². The summed E-state index contributed by atoms with van der Waals surface area (Å²) >= 11 is 5.49. The number of terminal acetylenes is 1. The second-order valence-electron chi connectivity index (χ2n) is 2.20. The molecule has 0 aliphatic rings. The molecule has 0 saturated carbocycles. The number of hydrogen-bond acceptors (Lipinski definition) is 0. The monoisotopic (exact) mass is 168 g/mol. The van der Waals surface area contributed by atoms with E-state index in [4.69, 9.17) is 18.0 Å². The molecule has 0 heterocycles. The number of alkyl halides is 1. The van der Waals surface area contributed by atoms with E-state index < -0.39 is 0 Å². The van der Waals surface area contributed by atoms with E-state index in [0.29, 0.717) is 0 Å². The summed E-state index contributed by atoms with van der Waals surface area (Å²) in [6, 6.07) is 0. The minimum absolute atomic E-state index is 0.742. The molecule has 0 radical (unpaired) electrons. The molecule has 0 spiro atoms. The van der Waals surface area contributed by atoms with Crippen molar-refractivity contribution in [2.45, 2.75) is 32.1 Å². The lowest BCUT2D eigenvalue weighted by molar-refractivity contribution is 0.832. The molecule has 11 heavy (non-hydrogen) atoms. The molecular formula is C10H13Cl. The van der Waals surface area contributed by atoms with Crippen molar-refractivity contribution in [1.29, 1.82) is 0 Å². The van der Waals surface area contributed by atoms with Crippen molar-refractivity contribution < 1.29 is 0 Å². The van der Waals surface area contributed by atoms with Gasteiger partial charge in [-0.3, -0.25) is 0 Å².